The van der Waals surface area contributed by atoms with Crippen molar-refractivity contribution in [1.29, 1.82) is 0 Å². The van der Waals surface area contributed by atoms with Gasteiger partial charge < -0.3 is 9.73 Å². The molecule has 23 heavy (non-hydrogen) atoms. The Balaban J connectivity index is 1.63. The van der Waals surface area contributed by atoms with Crippen molar-refractivity contribution in [1.82, 2.24) is 15.2 Å². The minimum absolute atomic E-state index is 0.00444. The van der Waals surface area contributed by atoms with E-state index in [0.717, 1.165) is 29.6 Å². The zero-order valence-corrected chi connectivity index (χ0v) is 13.9. The Hall–Kier alpha value is -1.88. The van der Waals surface area contributed by atoms with Crippen LogP contribution in [-0.2, 0) is 0 Å². The Morgan fingerprint density at radius 1 is 1.39 bits per heavy atom. The molecule has 2 aromatic heterocycles. The largest absolute Gasteiger partial charge is 0.463 e. The second-order valence-electron chi connectivity index (χ2n) is 7.36. The highest BCUT2D eigenvalue weighted by atomic mass is 16.3. The van der Waals surface area contributed by atoms with Gasteiger partial charge in [0, 0.05) is 17.0 Å². The van der Waals surface area contributed by atoms with Crippen molar-refractivity contribution in [2.45, 2.75) is 45.2 Å². The Morgan fingerprint density at radius 2 is 2.13 bits per heavy atom. The van der Waals surface area contributed by atoms with Crippen LogP contribution in [0.2, 0.25) is 0 Å². The van der Waals surface area contributed by atoms with Crippen LogP contribution in [0.25, 0.3) is 11.0 Å². The molecule has 3 fully saturated rings. The molecule has 1 amide bonds. The average molecular weight is 313 g/mol. The lowest BCUT2D eigenvalue weighted by Gasteiger charge is -2.56. The molecule has 0 spiro atoms. The Labute approximate surface area is 136 Å². The number of piperidine rings is 3. The molecule has 5 nitrogen and oxygen atoms in total. The zero-order chi connectivity index (χ0) is 16.2. The lowest BCUT2D eigenvalue weighted by molar-refractivity contribution is -0.0378. The van der Waals surface area contributed by atoms with Gasteiger partial charge in [0.05, 0.1) is 12.5 Å². The molecule has 0 unspecified atom stereocenters. The van der Waals surface area contributed by atoms with Crippen LogP contribution in [0.15, 0.2) is 22.9 Å². The predicted molar refractivity (Wildman–Crippen MR) is 88.4 cm³/mol. The number of amides is 1. The van der Waals surface area contributed by atoms with Gasteiger partial charge in [-0.15, -0.1) is 0 Å². The van der Waals surface area contributed by atoms with E-state index in [1.54, 1.807) is 12.5 Å². The lowest BCUT2D eigenvalue weighted by atomic mass is 9.72. The number of nitrogens with zero attached hydrogens (tertiary/aromatic N) is 2. The standard InChI is InChI=1S/C18H23N3O2/c1-11-13-6-9-23-14(13)10-19-15(11)17(22)20-16-12-4-7-21(8-5-12)18(16,2)3/h6,9-10,12,16H,4-5,7-8H2,1-3H3,(H,20,22)/t16-/m1/s1. The van der Waals surface area contributed by atoms with Crippen LogP contribution in [0.1, 0.15) is 42.7 Å². The third-order valence-corrected chi connectivity index (χ3v) is 5.85. The Kier molecular flexibility index (Phi) is 3.23. The first-order valence-corrected chi connectivity index (χ1v) is 8.37. The van der Waals surface area contributed by atoms with E-state index >= 15 is 0 Å². The van der Waals surface area contributed by atoms with Gasteiger partial charge in [-0.05, 0) is 64.3 Å². The van der Waals surface area contributed by atoms with E-state index in [0.29, 0.717) is 11.6 Å². The van der Waals surface area contributed by atoms with Crippen molar-refractivity contribution in [3.05, 3.63) is 29.8 Å². The molecule has 0 aromatic carbocycles. The number of hydrogen-bond donors (Lipinski definition) is 1. The number of carbonyl (C=O) groups is 1. The van der Waals surface area contributed by atoms with Crippen molar-refractivity contribution in [3.8, 4) is 0 Å². The molecule has 1 atom stereocenters. The molecule has 3 aliphatic heterocycles. The average Bonchev–Trinajstić information content (AvgIpc) is 3.01. The number of nitrogens with one attached hydrogen (secondary N) is 1. The highest BCUT2D eigenvalue weighted by Gasteiger charge is 2.48. The van der Waals surface area contributed by atoms with Crippen molar-refractivity contribution in [2.75, 3.05) is 13.1 Å². The first-order valence-electron chi connectivity index (χ1n) is 8.37. The van der Waals surface area contributed by atoms with Gasteiger partial charge in [0.15, 0.2) is 5.58 Å². The maximum absolute atomic E-state index is 12.8. The number of fused-ring (bicyclic) bond motifs is 4. The molecule has 0 radical (unpaired) electrons. The van der Waals surface area contributed by atoms with Crippen LogP contribution in [0.4, 0.5) is 0 Å². The van der Waals surface area contributed by atoms with E-state index < -0.39 is 0 Å². The van der Waals surface area contributed by atoms with Crippen molar-refractivity contribution < 1.29 is 9.21 Å². The molecule has 3 aliphatic rings. The quantitative estimate of drug-likeness (QED) is 0.926. The molecule has 0 saturated carbocycles. The molecule has 0 aliphatic carbocycles. The van der Waals surface area contributed by atoms with Gasteiger partial charge in [0.2, 0.25) is 0 Å². The van der Waals surface area contributed by atoms with E-state index in [9.17, 15) is 4.79 Å². The Bertz CT molecular complexity index is 757. The molecule has 122 valence electrons. The summed E-state index contributed by atoms with van der Waals surface area (Å²) in [7, 11) is 0. The van der Waals surface area contributed by atoms with Gasteiger partial charge in [0.25, 0.3) is 5.91 Å². The van der Waals surface area contributed by atoms with Gasteiger partial charge in [0.1, 0.15) is 5.69 Å². The molecule has 5 rings (SSSR count). The SMILES string of the molecule is Cc1c(C(=O)N[C@@H]2C3CCN(CC3)C2(C)C)ncc2occc12. The van der Waals surface area contributed by atoms with Crippen LogP contribution in [0.5, 0.6) is 0 Å². The summed E-state index contributed by atoms with van der Waals surface area (Å²) in [4.78, 5) is 19.7. The summed E-state index contributed by atoms with van der Waals surface area (Å²) in [5.74, 6) is 0.495. The molecule has 1 N–H and O–H groups in total. The minimum Gasteiger partial charge on any atom is -0.463 e. The molecule has 2 bridgehead atoms. The second-order valence-corrected chi connectivity index (χ2v) is 7.36. The van der Waals surface area contributed by atoms with Gasteiger partial charge in [-0.1, -0.05) is 0 Å². The van der Waals surface area contributed by atoms with Crippen LogP contribution in [0.3, 0.4) is 0 Å². The normalized spacial score (nSPS) is 28.9. The first-order chi connectivity index (χ1) is 11.0. The van der Waals surface area contributed by atoms with Gasteiger partial charge >= 0.3 is 0 Å². The third-order valence-electron chi connectivity index (χ3n) is 5.85. The zero-order valence-electron chi connectivity index (χ0n) is 13.9. The second kappa shape index (κ2) is 5.06. The molecule has 5 heteroatoms. The summed E-state index contributed by atoms with van der Waals surface area (Å²) in [5.41, 5.74) is 2.12. The van der Waals surface area contributed by atoms with Crippen molar-refractivity contribution >= 4 is 16.9 Å². The monoisotopic (exact) mass is 313 g/mol. The van der Waals surface area contributed by atoms with Crippen molar-refractivity contribution in [3.63, 3.8) is 0 Å². The van der Waals surface area contributed by atoms with Gasteiger partial charge in [-0.3, -0.25) is 9.69 Å². The maximum Gasteiger partial charge on any atom is 0.270 e. The molecule has 3 saturated heterocycles. The fourth-order valence-electron chi connectivity index (χ4n) is 4.39. The van der Waals surface area contributed by atoms with Gasteiger partial charge in [-0.2, -0.15) is 0 Å². The van der Waals surface area contributed by atoms with E-state index in [4.69, 9.17) is 4.42 Å². The number of carbonyl (C=O) groups excluding carboxylic acids is 1. The maximum atomic E-state index is 12.8. The topological polar surface area (TPSA) is 58.4 Å². The van der Waals surface area contributed by atoms with Crippen LogP contribution < -0.4 is 5.32 Å². The molecule has 5 heterocycles. The molecular formula is C18H23N3O2. The van der Waals surface area contributed by atoms with E-state index in [-0.39, 0.29) is 17.5 Å². The Morgan fingerprint density at radius 3 is 2.83 bits per heavy atom. The van der Waals surface area contributed by atoms with Crippen LogP contribution >= 0.6 is 0 Å². The smallest absolute Gasteiger partial charge is 0.270 e. The van der Waals surface area contributed by atoms with Crippen LogP contribution in [0, 0.1) is 12.8 Å². The number of aromatic nitrogens is 1. The predicted octanol–water partition coefficient (Wildman–Crippen LogP) is 2.74. The number of pyridine rings is 1. The number of furan rings is 1. The first kappa shape index (κ1) is 14.7. The van der Waals surface area contributed by atoms with Crippen molar-refractivity contribution in [2.24, 2.45) is 5.92 Å². The van der Waals surface area contributed by atoms with E-state index in [1.807, 2.05) is 13.0 Å². The van der Waals surface area contributed by atoms with Gasteiger partial charge in [-0.25, -0.2) is 4.98 Å². The summed E-state index contributed by atoms with van der Waals surface area (Å²) in [5, 5.41) is 4.24. The van der Waals surface area contributed by atoms with Crippen LogP contribution in [-0.4, -0.2) is 40.5 Å². The van der Waals surface area contributed by atoms with E-state index in [2.05, 4.69) is 29.0 Å². The number of rotatable bonds is 2. The lowest BCUT2D eigenvalue weighted by Crippen LogP contribution is -2.69. The fourth-order valence-corrected chi connectivity index (χ4v) is 4.39. The molecule has 2 aromatic rings. The van der Waals surface area contributed by atoms with E-state index in [1.165, 1.54) is 12.8 Å². The third kappa shape index (κ3) is 2.17. The summed E-state index contributed by atoms with van der Waals surface area (Å²) >= 11 is 0. The summed E-state index contributed by atoms with van der Waals surface area (Å²) in [6, 6.07) is 2.07. The number of hydrogen-bond acceptors (Lipinski definition) is 4. The minimum atomic E-state index is -0.0718. The highest BCUT2D eigenvalue weighted by molar-refractivity contribution is 5.98. The highest BCUT2D eigenvalue weighted by Crippen LogP contribution is 2.39. The summed E-state index contributed by atoms with van der Waals surface area (Å²) < 4.78 is 5.36. The molecular weight excluding hydrogens is 290 g/mol. The summed E-state index contributed by atoms with van der Waals surface area (Å²) in [6.07, 6.45) is 5.61. The summed E-state index contributed by atoms with van der Waals surface area (Å²) in [6.45, 7) is 8.69. The number of aryl methyl sites for hydroxylation is 1. The fraction of sp³-hybridized carbons (Fsp3) is 0.556.